The summed E-state index contributed by atoms with van der Waals surface area (Å²) < 4.78 is 7.15. The summed E-state index contributed by atoms with van der Waals surface area (Å²) in [6, 6.07) is 18.1. The van der Waals surface area contributed by atoms with Gasteiger partial charge in [0.1, 0.15) is 4.83 Å². The average molecular weight is 462 g/mol. The highest BCUT2D eigenvalue weighted by atomic mass is 32.1. The lowest BCUT2D eigenvalue weighted by Gasteiger charge is -2.08. The van der Waals surface area contributed by atoms with Crippen molar-refractivity contribution < 1.29 is 9.53 Å². The van der Waals surface area contributed by atoms with Gasteiger partial charge in [-0.3, -0.25) is 14.2 Å². The number of carbonyl (C=O) groups is 1. The molecule has 0 bridgehead atoms. The third-order valence-corrected chi connectivity index (χ3v) is 6.29. The molecular weight excluding hydrogens is 434 g/mol. The Morgan fingerprint density at radius 1 is 1.12 bits per heavy atom. The molecule has 0 fully saturated rings. The topological polar surface area (TPSA) is 73.2 Å². The smallest absolute Gasteiger partial charge is 0.262 e. The van der Waals surface area contributed by atoms with Gasteiger partial charge in [0.15, 0.2) is 0 Å². The molecule has 6 nitrogen and oxygen atoms in total. The predicted octanol–water partition coefficient (Wildman–Crippen LogP) is 4.55. The molecule has 2 aromatic heterocycles. The Balaban J connectivity index is 1.28. The molecule has 0 aliphatic rings. The number of aromatic nitrogens is 2. The van der Waals surface area contributed by atoms with E-state index >= 15 is 0 Å². The molecule has 0 aliphatic heterocycles. The summed E-state index contributed by atoms with van der Waals surface area (Å²) in [7, 11) is 0. The summed E-state index contributed by atoms with van der Waals surface area (Å²) in [4.78, 5) is 30.5. The summed E-state index contributed by atoms with van der Waals surface area (Å²) in [5.41, 5.74) is 4.08. The van der Waals surface area contributed by atoms with E-state index in [-0.39, 0.29) is 17.9 Å². The molecule has 33 heavy (non-hydrogen) atoms. The van der Waals surface area contributed by atoms with Crippen LogP contribution in [-0.4, -0.2) is 28.6 Å². The maximum Gasteiger partial charge on any atom is 0.262 e. The van der Waals surface area contributed by atoms with Gasteiger partial charge in [0, 0.05) is 37.1 Å². The molecule has 2 aromatic carbocycles. The first-order valence-electron chi connectivity index (χ1n) is 11.0. The summed E-state index contributed by atoms with van der Waals surface area (Å²) in [5.74, 6) is -0.0888. The first-order chi connectivity index (χ1) is 16.1. The Hall–Kier alpha value is -3.29. The van der Waals surface area contributed by atoms with Crippen LogP contribution in [0.2, 0.25) is 0 Å². The van der Waals surface area contributed by atoms with E-state index in [4.69, 9.17) is 4.74 Å². The van der Waals surface area contributed by atoms with Crippen molar-refractivity contribution in [1.29, 1.82) is 0 Å². The highest BCUT2D eigenvalue weighted by molar-refractivity contribution is 7.17. The van der Waals surface area contributed by atoms with Crippen molar-refractivity contribution >= 4 is 27.5 Å². The fraction of sp³-hybridized carbons (Fsp3) is 0.269. The zero-order chi connectivity index (χ0) is 23.0. The van der Waals surface area contributed by atoms with E-state index in [0.717, 1.165) is 23.1 Å². The molecule has 4 rings (SSSR count). The van der Waals surface area contributed by atoms with Crippen molar-refractivity contribution in [3.8, 4) is 11.1 Å². The molecule has 1 N–H and O–H groups in total. The highest BCUT2D eigenvalue weighted by Crippen LogP contribution is 2.30. The Labute approximate surface area is 196 Å². The molecule has 0 spiro atoms. The van der Waals surface area contributed by atoms with Gasteiger partial charge in [0.2, 0.25) is 5.91 Å². The Morgan fingerprint density at radius 2 is 1.91 bits per heavy atom. The molecule has 0 atom stereocenters. The van der Waals surface area contributed by atoms with Crippen LogP contribution >= 0.6 is 11.3 Å². The Kier molecular flexibility index (Phi) is 7.65. The summed E-state index contributed by atoms with van der Waals surface area (Å²) in [6.45, 7) is 4.02. The van der Waals surface area contributed by atoms with Crippen molar-refractivity contribution in [3.05, 3.63) is 87.8 Å². The molecule has 0 saturated carbocycles. The second-order valence-corrected chi connectivity index (χ2v) is 8.79. The number of hydrogen-bond acceptors (Lipinski definition) is 5. The van der Waals surface area contributed by atoms with Gasteiger partial charge in [-0.05, 0) is 24.5 Å². The number of hydrogen-bond donors (Lipinski definition) is 1. The van der Waals surface area contributed by atoms with Gasteiger partial charge in [-0.1, -0.05) is 60.2 Å². The number of nitrogens with zero attached hydrogens (tertiary/aromatic N) is 2. The lowest BCUT2D eigenvalue weighted by Crippen LogP contribution is -2.28. The van der Waals surface area contributed by atoms with Crippen LogP contribution in [-0.2, 0) is 22.7 Å². The van der Waals surface area contributed by atoms with Crippen LogP contribution in [0.1, 0.15) is 24.0 Å². The van der Waals surface area contributed by atoms with Crippen LogP contribution in [0.25, 0.3) is 21.3 Å². The first-order valence-corrected chi connectivity index (χ1v) is 11.9. The minimum absolute atomic E-state index is 0.0888. The zero-order valence-corrected chi connectivity index (χ0v) is 19.4. The molecule has 0 saturated heterocycles. The van der Waals surface area contributed by atoms with Crippen molar-refractivity contribution in [2.24, 2.45) is 0 Å². The van der Waals surface area contributed by atoms with Crippen LogP contribution in [0.3, 0.4) is 0 Å². The van der Waals surface area contributed by atoms with Gasteiger partial charge < -0.3 is 10.1 Å². The van der Waals surface area contributed by atoms with E-state index < -0.39 is 0 Å². The van der Waals surface area contributed by atoms with Crippen LogP contribution in [0.5, 0.6) is 0 Å². The van der Waals surface area contributed by atoms with Gasteiger partial charge in [-0.25, -0.2) is 4.98 Å². The second-order valence-electron chi connectivity index (χ2n) is 7.93. The standard InChI is InChI=1S/C26H27N3O3S/c1-19-8-10-21(11-9-19)22-17-33-25-24(22)26(31)29(18-28-25)14-12-23(30)27-13-5-15-32-16-20-6-3-2-4-7-20/h2-4,6-11,17-18H,5,12-16H2,1H3,(H,27,30). The summed E-state index contributed by atoms with van der Waals surface area (Å²) >= 11 is 1.46. The molecule has 0 aliphatic carbocycles. The van der Waals surface area contributed by atoms with E-state index in [1.165, 1.54) is 27.8 Å². The fourth-order valence-corrected chi connectivity index (χ4v) is 4.46. The van der Waals surface area contributed by atoms with Crippen LogP contribution in [0, 0.1) is 6.92 Å². The highest BCUT2D eigenvalue weighted by Gasteiger charge is 2.14. The Morgan fingerprint density at radius 3 is 2.70 bits per heavy atom. The summed E-state index contributed by atoms with van der Waals surface area (Å²) in [6.07, 6.45) is 2.49. The van der Waals surface area contributed by atoms with E-state index in [0.29, 0.717) is 36.5 Å². The molecular formula is C26H27N3O3S. The molecule has 170 valence electrons. The van der Waals surface area contributed by atoms with Crippen LogP contribution in [0.15, 0.2) is 71.1 Å². The van der Waals surface area contributed by atoms with Gasteiger partial charge in [0.05, 0.1) is 18.3 Å². The number of rotatable bonds is 10. The van der Waals surface area contributed by atoms with Gasteiger partial charge >= 0.3 is 0 Å². The van der Waals surface area contributed by atoms with E-state index in [1.807, 2.05) is 66.9 Å². The van der Waals surface area contributed by atoms with Gasteiger partial charge in [-0.2, -0.15) is 0 Å². The molecule has 4 aromatic rings. The van der Waals surface area contributed by atoms with E-state index in [2.05, 4.69) is 10.3 Å². The molecule has 7 heteroatoms. The number of ether oxygens (including phenoxy) is 1. The van der Waals surface area contributed by atoms with Gasteiger partial charge in [-0.15, -0.1) is 11.3 Å². The number of benzene rings is 2. The first kappa shape index (κ1) is 22.9. The molecule has 1 amide bonds. The lowest BCUT2D eigenvalue weighted by molar-refractivity contribution is -0.121. The molecule has 0 unspecified atom stereocenters. The number of nitrogens with one attached hydrogen (secondary N) is 1. The zero-order valence-electron chi connectivity index (χ0n) is 18.6. The number of aryl methyl sites for hydroxylation is 2. The van der Waals surface area contributed by atoms with Crippen LogP contribution < -0.4 is 10.9 Å². The molecule has 2 heterocycles. The summed E-state index contributed by atoms with van der Waals surface area (Å²) in [5, 5.41) is 5.48. The quantitative estimate of drug-likeness (QED) is 0.352. The largest absolute Gasteiger partial charge is 0.377 e. The average Bonchev–Trinajstić information content (AvgIpc) is 3.27. The number of amides is 1. The van der Waals surface area contributed by atoms with E-state index in [1.54, 1.807) is 0 Å². The third kappa shape index (κ3) is 5.94. The van der Waals surface area contributed by atoms with Crippen molar-refractivity contribution in [2.75, 3.05) is 13.2 Å². The minimum atomic E-state index is -0.112. The number of thiophene rings is 1. The minimum Gasteiger partial charge on any atom is -0.377 e. The molecule has 0 radical (unpaired) electrons. The van der Waals surface area contributed by atoms with Crippen LogP contribution in [0.4, 0.5) is 0 Å². The van der Waals surface area contributed by atoms with E-state index in [9.17, 15) is 9.59 Å². The maximum absolute atomic E-state index is 13.1. The number of fused-ring (bicyclic) bond motifs is 1. The van der Waals surface area contributed by atoms with Gasteiger partial charge in [0.25, 0.3) is 5.56 Å². The fourth-order valence-electron chi connectivity index (χ4n) is 3.55. The van der Waals surface area contributed by atoms with Crippen molar-refractivity contribution in [1.82, 2.24) is 14.9 Å². The monoisotopic (exact) mass is 461 g/mol. The number of carbonyl (C=O) groups excluding carboxylic acids is 1. The predicted molar refractivity (Wildman–Crippen MR) is 132 cm³/mol. The normalized spacial score (nSPS) is 11.1. The SMILES string of the molecule is Cc1ccc(-c2csc3ncn(CCC(=O)NCCCOCc4ccccc4)c(=O)c23)cc1. The maximum atomic E-state index is 13.1. The Bertz CT molecular complexity index is 1260. The third-order valence-electron chi connectivity index (χ3n) is 5.40. The second kappa shape index (κ2) is 11.0. The lowest BCUT2D eigenvalue weighted by atomic mass is 10.1. The van der Waals surface area contributed by atoms with Crippen molar-refractivity contribution in [3.63, 3.8) is 0 Å². The van der Waals surface area contributed by atoms with Crippen molar-refractivity contribution in [2.45, 2.75) is 32.9 Å².